The van der Waals surface area contributed by atoms with Crippen molar-refractivity contribution in [3.8, 4) is 22.3 Å². The Hall–Kier alpha value is -5.64. The number of fused-ring (bicyclic) bond motifs is 6. The van der Waals surface area contributed by atoms with Crippen molar-refractivity contribution in [1.29, 1.82) is 0 Å². The van der Waals surface area contributed by atoms with Gasteiger partial charge in [-0.15, -0.1) is 11.3 Å². The molecule has 3 heteroatoms. The van der Waals surface area contributed by atoms with Crippen molar-refractivity contribution < 1.29 is 4.42 Å². The molecule has 0 aliphatic rings. The van der Waals surface area contributed by atoms with E-state index >= 15 is 0 Å². The van der Waals surface area contributed by atoms with Crippen molar-refractivity contribution in [2.24, 2.45) is 0 Å². The molecule has 0 unspecified atom stereocenters. The quantitative estimate of drug-likeness (QED) is 0.197. The molecule has 9 rings (SSSR count). The van der Waals surface area contributed by atoms with Crippen molar-refractivity contribution in [2.45, 2.75) is 0 Å². The number of hydrogen-bond donors (Lipinski definition) is 0. The smallest absolute Gasteiger partial charge is 0.137 e. The van der Waals surface area contributed by atoms with Crippen LogP contribution in [0.25, 0.3) is 64.4 Å². The summed E-state index contributed by atoms with van der Waals surface area (Å²) in [6.45, 7) is 0. The zero-order chi connectivity index (χ0) is 29.7. The summed E-state index contributed by atoms with van der Waals surface area (Å²) < 4.78 is 8.95. The summed E-state index contributed by atoms with van der Waals surface area (Å²) in [4.78, 5) is 2.46. The van der Waals surface area contributed by atoms with Gasteiger partial charge in [-0.25, -0.2) is 0 Å². The lowest BCUT2D eigenvalue weighted by atomic mass is 9.97. The van der Waals surface area contributed by atoms with Crippen LogP contribution in [0.15, 0.2) is 168 Å². The number of thiophene rings is 1. The van der Waals surface area contributed by atoms with E-state index < -0.39 is 0 Å². The fourth-order valence-electron chi connectivity index (χ4n) is 6.71. The van der Waals surface area contributed by atoms with Gasteiger partial charge in [0, 0.05) is 26.4 Å². The third-order valence-corrected chi connectivity index (χ3v) is 9.88. The lowest BCUT2D eigenvalue weighted by molar-refractivity contribution is 0.669. The summed E-state index contributed by atoms with van der Waals surface area (Å²) in [5.74, 6) is 0. The minimum atomic E-state index is 0.879. The molecule has 0 aliphatic heterocycles. The lowest BCUT2D eigenvalue weighted by Crippen LogP contribution is -2.12. The molecule has 0 aliphatic carbocycles. The molecule has 9 aromatic rings. The van der Waals surface area contributed by atoms with Crippen LogP contribution in [0.2, 0.25) is 0 Å². The fraction of sp³-hybridized carbons (Fsp3) is 0. The van der Waals surface area contributed by atoms with Gasteiger partial charge in [-0.1, -0.05) is 127 Å². The molecule has 0 fully saturated rings. The maximum Gasteiger partial charge on any atom is 0.137 e. The number of furan rings is 1. The van der Waals surface area contributed by atoms with E-state index in [0.717, 1.165) is 39.0 Å². The molecular formula is C42H27NOS. The van der Waals surface area contributed by atoms with Gasteiger partial charge < -0.3 is 9.32 Å². The van der Waals surface area contributed by atoms with Gasteiger partial charge in [0.15, 0.2) is 0 Å². The van der Waals surface area contributed by atoms with Crippen molar-refractivity contribution >= 4 is 70.5 Å². The van der Waals surface area contributed by atoms with Crippen LogP contribution in [-0.2, 0) is 0 Å². The Balaban J connectivity index is 1.42. The van der Waals surface area contributed by atoms with Crippen LogP contribution in [0.4, 0.5) is 17.1 Å². The Morgan fingerprint density at radius 1 is 0.400 bits per heavy atom. The van der Waals surface area contributed by atoms with Crippen molar-refractivity contribution in [3.05, 3.63) is 164 Å². The molecule has 0 spiro atoms. The predicted octanol–water partition coefficient (Wildman–Crippen LogP) is 12.8. The van der Waals surface area contributed by atoms with Gasteiger partial charge in [-0.3, -0.25) is 0 Å². The number of anilines is 3. The van der Waals surface area contributed by atoms with E-state index in [-0.39, 0.29) is 0 Å². The Morgan fingerprint density at radius 3 is 1.84 bits per heavy atom. The van der Waals surface area contributed by atoms with Crippen molar-refractivity contribution in [1.82, 2.24) is 0 Å². The van der Waals surface area contributed by atoms with Gasteiger partial charge >= 0.3 is 0 Å². The maximum absolute atomic E-state index is 6.42. The molecule has 0 N–H and O–H groups in total. The second-order valence-corrected chi connectivity index (χ2v) is 12.3. The fourth-order valence-corrected chi connectivity index (χ4v) is 7.94. The van der Waals surface area contributed by atoms with Crippen LogP contribution in [0, 0.1) is 0 Å². The Labute approximate surface area is 265 Å². The molecule has 2 aromatic heterocycles. The first-order valence-electron chi connectivity index (χ1n) is 15.2. The SMILES string of the molecule is c1ccc(-c2ccccc2N(c2ccc(-c3ccccc3)c3c2sc2ccccc23)c2cccc3oc4ccccc4c23)cc1. The summed E-state index contributed by atoms with van der Waals surface area (Å²) in [6, 6.07) is 58.3. The Morgan fingerprint density at radius 2 is 1.02 bits per heavy atom. The maximum atomic E-state index is 6.42. The summed E-state index contributed by atoms with van der Waals surface area (Å²) in [5.41, 5.74) is 9.94. The average molecular weight is 594 g/mol. The molecule has 0 atom stereocenters. The molecule has 45 heavy (non-hydrogen) atoms. The van der Waals surface area contributed by atoms with Gasteiger partial charge in [0.2, 0.25) is 0 Å². The van der Waals surface area contributed by atoms with Crippen molar-refractivity contribution in [3.63, 3.8) is 0 Å². The largest absolute Gasteiger partial charge is 0.456 e. The van der Waals surface area contributed by atoms with E-state index in [4.69, 9.17) is 4.42 Å². The third-order valence-electron chi connectivity index (χ3n) is 8.68. The van der Waals surface area contributed by atoms with Crippen molar-refractivity contribution in [2.75, 3.05) is 4.90 Å². The van der Waals surface area contributed by atoms with Gasteiger partial charge in [-0.2, -0.15) is 0 Å². The van der Waals surface area contributed by atoms with Crippen LogP contribution in [0.3, 0.4) is 0 Å². The average Bonchev–Trinajstić information content (AvgIpc) is 3.69. The standard InChI is InChI=1S/C42H27NOS/c1-3-14-28(15-4-1)30-18-7-10-21-34(30)43(35-22-13-24-38-41(35)32-19-8-11-23-37(32)44-38)36-27-26-31(29-16-5-2-6-17-29)40-33-20-9-12-25-39(33)45-42(36)40/h1-27H. The first-order valence-corrected chi connectivity index (χ1v) is 16.0. The van der Waals surface area contributed by atoms with E-state index in [9.17, 15) is 0 Å². The highest BCUT2D eigenvalue weighted by molar-refractivity contribution is 7.26. The molecule has 7 aromatic carbocycles. The molecule has 2 nitrogen and oxygen atoms in total. The molecular weight excluding hydrogens is 567 g/mol. The van der Waals surface area contributed by atoms with E-state index in [1.807, 2.05) is 17.4 Å². The monoisotopic (exact) mass is 593 g/mol. The summed E-state index contributed by atoms with van der Waals surface area (Å²) >= 11 is 1.86. The van der Waals surface area contributed by atoms with E-state index in [1.54, 1.807) is 0 Å². The molecule has 0 saturated carbocycles. The summed E-state index contributed by atoms with van der Waals surface area (Å²) in [7, 11) is 0. The highest BCUT2D eigenvalue weighted by Gasteiger charge is 2.25. The zero-order valence-electron chi connectivity index (χ0n) is 24.4. The summed E-state index contributed by atoms with van der Waals surface area (Å²) in [6.07, 6.45) is 0. The molecule has 0 bridgehead atoms. The van der Waals surface area contributed by atoms with E-state index in [1.165, 1.54) is 42.4 Å². The number of benzene rings is 7. The van der Waals surface area contributed by atoms with E-state index in [0.29, 0.717) is 0 Å². The van der Waals surface area contributed by atoms with Gasteiger partial charge in [0.25, 0.3) is 0 Å². The topological polar surface area (TPSA) is 16.4 Å². The highest BCUT2D eigenvalue weighted by atomic mass is 32.1. The molecule has 2 heterocycles. The zero-order valence-corrected chi connectivity index (χ0v) is 25.2. The number of hydrogen-bond acceptors (Lipinski definition) is 3. The van der Waals surface area contributed by atoms with Crippen LogP contribution < -0.4 is 4.90 Å². The highest BCUT2D eigenvalue weighted by Crippen LogP contribution is 2.51. The first-order chi connectivity index (χ1) is 22.3. The molecule has 0 amide bonds. The van der Waals surface area contributed by atoms with Crippen LogP contribution in [0.1, 0.15) is 0 Å². The second kappa shape index (κ2) is 10.5. The molecule has 0 saturated heterocycles. The number of nitrogens with zero attached hydrogens (tertiary/aromatic N) is 1. The number of rotatable bonds is 5. The van der Waals surface area contributed by atoms with E-state index in [2.05, 4.69) is 163 Å². The molecule has 212 valence electrons. The minimum Gasteiger partial charge on any atom is -0.456 e. The Bertz CT molecular complexity index is 2490. The Kier molecular flexibility index (Phi) is 6.03. The molecule has 0 radical (unpaired) electrons. The third kappa shape index (κ3) is 4.16. The predicted molar refractivity (Wildman–Crippen MR) is 192 cm³/mol. The second-order valence-electron chi connectivity index (χ2n) is 11.3. The summed E-state index contributed by atoms with van der Waals surface area (Å²) in [5, 5.41) is 4.78. The van der Waals surface area contributed by atoms with Crippen LogP contribution >= 0.6 is 11.3 Å². The van der Waals surface area contributed by atoms with Crippen LogP contribution in [-0.4, -0.2) is 0 Å². The van der Waals surface area contributed by atoms with Gasteiger partial charge in [0.1, 0.15) is 11.2 Å². The van der Waals surface area contributed by atoms with Crippen LogP contribution in [0.5, 0.6) is 0 Å². The minimum absolute atomic E-state index is 0.879. The van der Waals surface area contributed by atoms with Gasteiger partial charge in [0.05, 0.1) is 27.1 Å². The first kappa shape index (κ1) is 25.8. The normalized spacial score (nSPS) is 11.6. The lowest BCUT2D eigenvalue weighted by Gasteiger charge is -2.29. The van der Waals surface area contributed by atoms with Gasteiger partial charge in [-0.05, 0) is 53.1 Å². The number of para-hydroxylation sites is 2.